The molecule has 4 nitrogen and oxygen atoms in total. The minimum Gasteiger partial charge on any atom is -0.326 e. The second kappa shape index (κ2) is 4.94. The third kappa shape index (κ3) is 2.51. The number of carbonyl (C=O) groups excluding carboxylic acids is 1. The van der Waals surface area contributed by atoms with Gasteiger partial charge in [0.15, 0.2) is 0 Å². The van der Waals surface area contributed by atoms with Crippen LogP contribution in [0.25, 0.3) is 0 Å². The van der Waals surface area contributed by atoms with Crippen LogP contribution in [-0.4, -0.2) is 43.5 Å². The molecule has 0 aromatic heterocycles. The summed E-state index contributed by atoms with van der Waals surface area (Å²) in [7, 11) is 2.16. The van der Waals surface area contributed by atoms with Gasteiger partial charge in [-0.1, -0.05) is 6.07 Å². The van der Waals surface area contributed by atoms with Crippen molar-refractivity contribution in [1.82, 2.24) is 4.90 Å². The molecule has 2 N–H and O–H groups in total. The Morgan fingerprint density at radius 1 is 1.21 bits per heavy atom. The first-order valence-corrected chi connectivity index (χ1v) is 7.00. The van der Waals surface area contributed by atoms with E-state index < -0.39 is 0 Å². The molecule has 1 amide bonds. The van der Waals surface area contributed by atoms with E-state index in [0.29, 0.717) is 13.0 Å². The first-order chi connectivity index (χ1) is 9.13. The lowest BCUT2D eigenvalue weighted by Crippen LogP contribution is -2.28. The Balaban J connectivity index is 1.87. The molecule has 1 fully saturated rings. The quantitative estimate of drug-likeness (QED) is 0.811. The molecule has 102 valence electrons. The predicted molar refractivity (Wildman–Crippen MR) is 76.3 cm³/mol. The molecule has 4 heteroatoms. The summed E-state index contributed by atoms with van der Waals surface area (Å²) in [5, 5.41) is 0. The molecule has 1 saturated heterocycles. The summed E-state index contributed by atoms with van der Waals surface area (Å²) in [6, 6.07) is 6.42. The number of amides is 1. The molecule has 2 aliphatic rings. The lowest BCUT2D eigenvalue weighted by molar-refractivity contribution is -0.117. The monoisotopic (exact) mass is 259 g/mol. The molecule has 0 radical (unpaired) electrons. The highest BCUT2D eigenvalue weighted by molar-refractivity contribution is 5.96. The first-order valence-electron chi connectivity index (χ1n) is 7.00. The van der Waals surface area contributed by atoms with Crippen LogP contribution in [0.2, 0.25) is 0 Å². The SMILES string of the molecule is CN1CCc2ccc(N3C[C@H](N)CC3=O)cc2CC1. The average Bonchev–Trinajstić information content (AvgIpc) is 2.61. The van der Waals surface area contributed by atoms with Crippen molar-refractivity contribution in [2.45, 2.75) is 25.3 Å². The van der Waals surface area contributed by atoms with Gasteiger partial charge in [0.25, 0.3) is 0 Å². The number of rotatable bonds is 1. The van der Waals surface area contributed by atoms with E-state index in [4.69, 9.17) is 5.73 Å². The van der Waals surface area contributed by atoms with Crippen LogP contribution in [0, 0.1) is 0 Å². The molecule has 19 heavy (non-hydrogen) atoms. The number of benzene rings is 1. The molecule has 0 bridgehead atoms. The normalized spacial score (nSPS) is 24.4. The maximum atomic E-state index is 11.9. The fourth-order valence-electron chi connectivity index (χ4n) is 2.98. The molecule has 0 spiro atoms. The number of likely N-dealkylation sites (N-methyl/N-ethyl adjacent to an activating group) is 1. The molecule has 2 heterocycles. The summed E-state index contributed by atoms with van der Waals surface area (Å²) in [5.74, 6) is 0.151. The maximum absolute atomic E-state index is 11.9. The number of nitrogens with zero attached hydrogens (tertiary/aromatic N) is 2. The van der Waals surface area contributed by atoms with Crippen LogP contribution < -0.4 is 10.6 Å². The Labute approximate surface area is 114 Å². The van der Waals surface area contributed by atoms with Crippen molar-refractivity contribution in [1.29, 1.82) is 0 Å². The fraction of sp³-hybridized carbons (Fsp3) is 0.533. The van der Waals surface area contributed by atoms with Crippen molar-refractivity contribution in [3.63, 3.8) is 0 Å². The molecular weight excluding hydrogens is 238 g/mol. The van der Waals surface area contributed by atoms with Crippen LogP contribution >= 0.6 is 0 Å². The Bertz CT molecular complexity index is 500. The van der Waals surface area contributed by atoms with Gasteiger partial charge >= 0.3 is 0 Å². The first kappa shape index (κ1) is 12.6. The molecule has 1 aromatic carbocycles. The van der Waals surface area contributed by atoms with E-state index in [2.05, 4.69) is 30.1 Å². The van der Waals surface area contributed by atoms with Gasteiger partial charge in [0.1, 0.15) is 0 Å². The lowest BCUT2D eigenvalue weighted by Gasteiger charge is -2.18. The van der Waals surface area contributed by atoms with E-state index in [1.54, 1.807) is 0 Å². The van der Waals surface area contributed by atoms with Crippen molar-refractivity contribution in [2.75, 3.05) is 31.6 Å². The summed E-state index contributed by atoms with van der Waals surface area (Å²) in [5.41, 5.74) is 9.68. The molecular formula is C15H21N3O. The summed E-state index contributed by atoms with van der Waals surface area (Å²) in [6.45, 7) is 2.85. The Morgan fingerprint density at radius 3 is 2.63 bits per heavy atom. The van der Waals surface area contributed by atoms with Crippen LogP contribution in [0.15, 0.2) is 18.2 Å². The standard InChI is InChI=1S/C15H21N3O/c1-17-6-4-11-2-3-14(8-12(11)5-7-17)18-10-13(16)9-15(18)19/h2-3,8,13H,4-7,9-10,16H2,1H3/t13-/m1/s1. The number of fused-ring (bicyclic) bond motifs is 1. The van der Waals surface area contributed by atoms with Crippen molar-refractivity contribution < 1.29 is 4.79 Å². The summed E-state index contributed by atoms with van der Waals surface area (Å²) >= 11 is 0. The van der Waals surface area contributed by atoms with E-state index in [1.165, 1.54) is 11.1 Å². The molecule has 0 saturated carbocycles. The number of anilines is 1. The van der Waals surface area contributed by atoms with Gasteiger partial charge < -0.3 is 15.5 Å². The molecule has 1 atom stereocenters. The van der Waals surface area contributed by atoms with Crippen LogP contribution in [0.5, 0.6) is 0 Å². The number of carbonyl (C=O) groups is 1. The van der Waals surface area contributed by atoms with Gasteiger partial charge in [-0.05, 0) is 43.1 Å². The number of hydrogen-bond donors (Lipinski definition) is 1. The second-order valence-electron chi connectivity index (χ2n) is 5.72. The third-order valence-corrected chi connectivity index (χ3v) is 4.18. The highest BCUT2D eigenvalue weighted by Crippen LogP contribution is 2.25. The smallest absolute Gasteiger partial charge is 0.228 e. The second-order valence-corrected chi connectivity index (χ2v) is 5.72. The fourth-order valence-corrected chi connectivity index (χ4v) is 2.98. The third-order valence-electron chi connectivity index (χ3n) is 4.18. The van der Waals surface area contributed by atoms with Gasteiger partial charge in [-0.2, -0.15) is 0 Å². The molecule has 0 unspecified atom stereocenters. The topological polar surface area (TPSA) is 49.6 Å². The number of hydrogen-bond acceptors (Lipinski definition) is 3. The van der Waals surface area contributed by atoms with Gasteiger partial charge in [0.05, 0.1) is 0 Å². The minimum atomic E-state index is -0.0163. The lowest BCUT2D eigenvalue weighted by atomic mass is 10.0. The van der Waals surface area contributed by atoms with Gasteiger partial charge in [-0.15, -0.1) is 0 Å². The maximum Gasteiger partial charge on any atom is 0.228 e. The van der Waals surface area contributed by atoms with E-state index in [9.17, 15) is 4.79 Å². The van der Waals surface area contributed by atoms with Gasteiger partial charge in [-0.3, -0.25) is 4.79 Å². The predicted octanol–water partition coefficient (Wildman–Crippen LogP) is 0.781. The molecule has 1 aromatic rings. The van der Waals surface area contributed by atoms with Gasteiger partial charge in [0, 0.05) is 37.8 Å². The largest absolute Gasteiger partial charge is 0.326 e. The molecule has 3 rings (SSSR count). The van der Waals surface area contributed by atoms with Crippen molar-refractivity contribution >= 4 is 11.6 Å². The molecule has 2 aliphatic heterocycles. The van der Waals surface area contributed by atoms with Gasteiger partial charge in [-0.25, -0.2) is 0 Å². The Hall–Kier alpha value is -1.39. The molecule has 0 aliphatic carbocycles. The zero-order valence-electron chi connectivity index (χ0n) is 11.4. The zero-order chi connectivity index (χ0) is 13.4. The van der Waals surface area contributed by atoms with Crippen molar-refractivity contribution in [3.05, 3.63) is 29.3 Å². The average molecular weight is 259 g/mol. The number of nitrogens with two attached hydrogens (primary N) is 1. The highest BCUT2D eigenvalue weighted by Gasteiger charge is 2.28. The highest BCUT2D eigenvalue weighted by atomic mass is 16.2. The zero-order valence-corrected chi connectivity index (χ0v) is 11.4. The van der Waals surface area contributed by atoms with Crippen molar-refractivity contribution in [3.8, 4) is 0 Å². The van der Waals surface area contributed by atoms with E-state index in [-0.39, 0.29) is 11.9 Å². The Morgan fingerprint density at radius 2 is 1.95 bits per heavy atom. The van der Waals surface area contributed by atoms with E-state index in [1.807, 2.05) is 4.90 Å². The van der Waals surface area contributed by atoms with Crippen LogP contribution in [0.4, 0.5) is 5.69 Å². The summed E-state index contributed by atoms with van der Waals surface area (Å²) in [4.78, 5) is 16.1. The summed E-state index contributed by atoms with van der Waals surface area (Å²) in [6.07, 6.45) is 2.63. The summed E-state index contributed by atoms with van der Waals surface area (Å²) < 4.78 is 0. The van der Waals surface area contributed by atoms with Crippen LogP contribution in [-0.2, 0) is 17.6 Å². The van der Waals surface area contributed by atoms with E-state index in [0.717, 1.165) is 31.6 Å². The van der Waals surface area contributed by atoms with Crippen molar-refractivity contribution in [2.24, 2.45) is 5.73 Å². The Kier molecular flexibility index (Phi) is 3.29. The van der Waals surface area contributed by atoms with E-state index >= 15 is 0 Å². The van der Waals surface area contributed by atoms with Gasteiger partial charge in [0.2, 0.25) is 5.91 Å². The minimum absolute atomic E-state index is 0.0163. The van der Waals surface area contributed by atoms with Crippen LogP contribution in [0.3, 0.4) is 0 Å². The van der Waals surface area contributed by atoms with Crippen LogP contribution in [0.1, 0.15) is 17.5 Å².